The summed E-state index contributed by atoms with van der Waals surface area (Å²) >= 11 is 0. The van der Waals surface area contributed by atoms with Crippen LogP contribution in [0.1, 0.15) is 37.2 Å². The number of piperidine rings is 1. The highest BCUT2D eigenvalue weighted by Crippen LogP contribution is 2.21. The van der Waals surface area contributed by atoms with Crippen molar-refractivity contribution in [2.75, 3.05) is 32.4 Å². The number of nitrogen functional groups attached to an aromatic ring is 1. The van der Waals surface area contributed by atoms with Crippen molar-refractivity contribution in [3.8, 4) is 0 Å². The monoisotopic (exact) mass is 292 g/mol. The highest BCUT2D eigenvalue weighted by atomic mass is 16.2. The highest BCUT2D eigenvalue weighted by Gasteiger charge is 2.26. The number of carbonyl (C=O) groups excluding carboxylic acids is 1. The van der Waals surface area contributed by atoms with E-state index in [9.17, 15) is 4.79 Å². The lowest BCUT2D eigenvalue weighted by atomic mass is 9.95. The molecule has 0 atom stereocenters. The van der Waals surface area contributed by atoms with E-state index in [-0.39, 0.29) is 5.91 Å². The smallest absolute Gasteiger partial charge is 0.270 e. The predicted molar refractivity (Wildman–Crippen MR) is 86.2 cm³/mol. The van der Waals surface area contributed by atoms with Crippen LogP contribution in [0.25, 0.3) is 0 Å². The second-order valence-electron chi connectivity index (χ2n) is 6.54. The fraction of sp³-hybridized carbons (Fsp3) is 0.688. The van der Waals surface area contributed by atoms with E-state index in [0.717, 1.165) is 32.5 Å². The molecule has 1 aliphatic heterocycles. The molecule has 2 heterocycles. The van der Waals surface area contributed by atoms with E-state index in [1.54, 1.807) is 12.3 Å². The molecule has 1 fully saturated rings. The van der Waals surface area contributed by atoms with Crippen molar-refractivity contribution >= 4 is 11.6 Å². The first-order valence-electron chi connectivity index (χ1n) is 7.79. The summed E-state index contributed by atoms with van der Waals surface area (Å²) in [5, 5.41) is 0. The van der Waals surface area contributed by atoms with E-state index in [1.807, 2.05) is 16.5 Å². The Balaban J connectivity index is 1.89. The van der Waals surface area contributed by atoms with Gasteiger partial charge >= 0.3 is 0 Å². The molecular formula is C16H28N4O. The molecule has 0 unspecified atom stereocenters. The molecule has 1 aromatic rings. The number of aromatic nitrogens is 1. The number of hydrogen-bond acceptors (Lipinski definition) is 3. The number of hydrogen-bond donors (Lipinski definition) is 1. The minimum absolute atomic E-state index is 0.102. The Morgan fingerprint density at radius 2 is 2.05 bits per heavy atom. The Hall–Kier alpha value is -1.49. The van der Waals surface area contributed by atoms with Crippen LogP contribution in [0, 0.1) is 5.92 Å². The van der Waals surface area contributed by atoms with Crippen LogP contribution in [0.3, 0.4) is 0 Å². The average Bonchev–Trinajstić information content (AvgIpc) is 2.77. The van der Waals surface area contributed by atoms with Crippen LogP contribution in [-0.4, -0.2) is 53.0 Å². The first-order valence-corrected chi connectivity index (χ1v) is 7.79. The quantitative estimate of drug-likeness (QED) is 0.920. The van der Waals surface area contributed by atoms with Crippen LogP contribution in [0.4, 0.5) is 5.69 Å². The van der Waals surface area contributed by atoms with Crippen LogP contribution < -0.4 is 5.73 Å². The maximum atomic E-state index is 12.5. The van der Waals surface area contributed by atoms with E-state index >= 15 is 0 Å². The van der Waals surface area contributed by atoms with Gasteiger partial charge in [-0.15, -0.1) is 0 Å². The predicted octanol–water partition coefficient (Wildman–Crippen LogP) is 1.80. The van der Waals surface area contributed by atoms with Gasteiger partial charge in [0, 0.05) is 38.9 Å². The number of nitrogens with two attached hydrogens (primary N) is 1. The molecule has 1 aromatic heterocycles. The van der Waals surface area contributed by atoms with Gasteiger partial charge in [-0.3, -0.25) is 4.79 Å². The Labute approximate surface area is 127 Å². The number of carbonyl (C=O) groups is 1. The maximum Gasteiger partial charge on any atom is 0.270 e. The van der Waals surface area contributed by atoms with Gasteiger partial charge in [0.2, 0.25) is 0 Å². The van der Waals surface area contributed by atoms with Gasteiger partial charge in [-0.1, -0.05) is 0 Å². The van der Waals surface area contributed by atoms with Crippen molar-refractivity contribution in [1.29, 1.82) is 0 Å². The molecule has 118 valence electrons. The molecule has 0 radical (unpaired) electrons. The van der Waals surface area contributed by atoms with Crippen molar-refractivity contribution in [2.45, 2.75) is 32.7 Å². The zero-order chi connectivity index (χ0) is 15.6. The highest BCUT2D eigenvalue weighted by molar-refractivity contribution is 5.93. The largest absolute Gasteiger partial charge is 0.397 e. The fourth-order valence-electron chi connectivity index (χ4n) is 2.90. The van der Waals surface area contributed by atoms with Crippen molar-refractivity contribution in [1.82, 2.24) is 14.4 Å². The van der Waals surface area contributed by atoms with Gasteiger partial charge in [-0.2, -0.15) is 0 Å². The van der Waals surface area contributed by atoms with Gasteiger partial charge in [-0.25, -0.2) is 0 Å². The molecule has 1 amide bonds. The maximum absolute atomic E-state index is 12.5. The molecule has 0 aliphatic carbocycles. The molecule has 5 nitrogen and oxygen atoms in total. The van der Waals surface area contributed by atoms with Crippen molar-refractivity contribution in [2.24, 2.45) is 13.0 Å². The molecule has 1 saturated heterocycles. The van der Waals surface area contributed by atoms with Crippen LogP contribution in [0.5, 0.6) is 0 Å². The zero-order valence-electron chi connectivity index (χ0n) is 13.7. The molecule has 0 bridgehead atoms. The molecule has 2 rings (SSSR count). The van der Waals surface area contributed by atoms with Crippen LogP contribution in [0.15, 0.2) is 12.3 Å². The second kappa shape index (κ2) is 6.52. The summed E-state index contributed by atoms with van der Waals surface area (Å²) in [5.41, 5.74) is 7.09. The molecule has 0 saturated carbocycles. The van der Waals surface area contributed by atoms with Gasteiger partial charge in [-0.05, 0) is 45.7 Å². The van der Waals surface area contributed by atoms with E-state index < -0.39 is 0 Å². The third-order valence-corrected chi connectivity index (χ3v) is 4.57. The number of amides is 1. The zero-order valence-corrected chi connectivity index (χ0v) is 13.7. The lowest BCUT2D eigenvalue weighted by molar-refractivity contribution is 0.0657. The van der Waals surface area contributed by atoms with Crippen molar-refractivity contribution < 1.29 is 4.79 Å². The summed E-state index contributed by atoms with van der Waals surface area (Å²) in [6.07, 6.45) is 3.96. The molecule has 1 aliphatic rings. The minimum Gasteiger partial charge on any atom is -0.397 e. The van der Waals surface area contributed by atoms with Gasteiger partial charge in [0.05, 0.1) is 5.69 Å². The van der Waals surface area contributed by atoms with E-state index in [0.29, 0.717) is 23.3 Å². The SMILES string of the molecule is CC(C)N(C)CC1CCN(C(=O)c2cc(N)cn2C)CC1. The lowest BCUT2D eigenvalue weighted by Gasteiger charge is -2.35. The third-order valence-electron chi connectivity index (χ3n) is 4.57. The Morgan fingerprint density at radius 1 is 1.43 bits per heavy atom. The van der Waals surface area contributed by atoms with Crippen LogP contribution in [-0.2, 0) is 7.05 Å². The first kappa shape index (κ1) is 15.9. The molecular weight excluding hydrogens is 264 g/mol. The topological polar surface area (TPSA) is 54.5 Å². The molecule has 0 aromatic carbocycles. The second-order valence-corrected chi connectivity index (χ2v) is 6.54. The minimum atomic E-state index is 0.102. The average molecular weight is 292 g/mol. The first-order chi connectivity index (χ1) is 9.88. The number of aryl methyl sites for hydroxylation is 1. The van der Waals surface area contributed by atoms with E-state index in [1.165, 1.54) is 0 Å². The number of anilines is 1. The van der Waals surface area contributed by atoms with Crippen molar-refractivity contribution in [3.05, 3.63) is 18.0 Å². The Kier molecular flexibility index (Phi) is 4.93. The third kappa shape index (κ3) is 3.79. The molecule has 5 heteroatoms. The number of likely N-dealkylation sites (tertiary alicyclic amines) is 1. The Bertz CT molecular complexity index is 486. The lowest BCUT2D eigenvalue weighted by Crippen LogP contribution is -2.42. The number of rotatable bonds is 4. The van der Waals surface area contributed by atoms with E-state index in [2.05, 4.69) is 25.8 Å². The van der Waals surface area contributed by atoms with Gasteiger partial charge in [0.1, 0.15) is 5.69 Å². The summed E-state index contributed by atoms with van der Waals surface area (Å²) < 4.78 is 1.82. The normalized spacial score (nSPS) is 17.0. The summed E-state index contributed by atoms with van der Waals surface area (Å²) in [7, 11) is 4.04. The summed E-state index contributed by atoms with van der Waals surface area (Å²) in [6.45, 7) is 7.26. The molecule has 21 heavy (non-hydrogen) atoms. The van der Waals surface area contributed by atoms with Crippen LogP contribution >= 0.6 is 0 Å². The Morgan fingerprint density at radius 3 is 2.52 bits per heavy atom. The fourth-order valence-corrected chi connectivity index (χ4v) is 2.90. The standard InChI is InChI=1S/C16H28N4O/c1-12(2)18(3)10-13-5-7-20(8-6-13)16(21)15-9-14(17)11-19(15)4/h9,11-13H,5-8,10,17H2,1-4H3. The van der Waals surface area contributed by atoms with E-state index in [4.69, 9.17) is 5.73 Å². The van der Waals surface area contributed by atoms with Crippen LogP contribution in [0.2, 0.25) is 0 Å². The number of nitrogens with zero attached hydrogens (tertiary/aromatic N) is 3. The summed E-state index contributed by atoms with van der Waals surface area (Å²) in [6, 6.07) is 2.34. The van der Waals surface area contributed by atoms with Gasteiger partial charge in [0.15, 0.2) is 0 Å². The van der Waals surface area contributed by atoms with Gasteiger partial charge < -0.3 is 20.1 Å². The van der Waals surface area contributed by atoms with Crippen molar-refractivity contribution in [3.63, 3.8) is 0 Å². The van der Waals surface area contributed by atoms with Gasteiger partial charge in [0.25, 0.3) is 5.91 Å². The molecule has 2 N–H and O–H groups in total. The summed E-state index contributed by atoms with van der Waals surface area (Å²) in [4.78, 5) is 16.9. The summed E-state index contributed by atoms with van der Waals surface area (Å²) in [5.74, 6) is 0.796. The molecule has 0 spiro atoms.